The SMILES string of the molecule is CCOP(=O)(Cc1ccc(NC(=O)CCNC(=O)C(O)[C@H]2O[C@@H](n3cnc4c(N)ncnc43)[C@H](O)[C@@H]2O)cc1)OCC. The molecule has 3 aromatic rings. The Morgan fingerprint density at radius 3 is 2.48 bits per heavy atom. The van der Waals surface area contributed by atoms with Gasteiger partial charge in [0, 0.05) is 18.7 Å². The van der Waals surface area contributed by atoms with Crippen molar-refractivity contribution in [1.82, 2.24) is 24.8 Å². The Morgan fingerprint density at radius 1 is 1.12 bits per heavy atom. The van der Waals surface area contributed by atoms with Crippen LogP contribution in [-0.4, -0.2) is 90.8 Å². The first-order chi connectivity index (χ1) is 20.1. The fourth-order valence-corrected chi connectivity index (χ4v) is 6.15. The summed E-state index contributed by atoms with van der Waals surface area (Å²) in [5.74, 6) is -1.21. The molecule has 17 heteroatoms. The largest absolute Gasteiger partial charge is 0.387 e. The number of nitrogens with one attached hydrogen (secondary N) is 2. The Labute approximate surface area is 240 Å². The van der Waals surface area contributed by atoms with Crippen molar-refractivity contribution in [3.8, 4) is 0 Å². The predicted octanol–water partition coefficient (Wildman–Crippen LogP) is 0.300. The summed E-state index contributed by atoms with van der Waals surface area (Å²) >= 11 is 0. The molecule has 16 nitrogen and oxygen atoms in total. The number of imidazole rings is 1. The minimum absolute atomic E-state index is 0.0936. The Balaban J connectivity index is 1.26. The van der Waals surface area contributed by atoms with E-state index in [-0.39, 0.29) is 49.3 Å². The number of anilines is 2. The summed E-state index contributed by atoms with van der Waals surface area (Å²) < 4.78 is 30.2. The smallest absolute Gasteiger partial charge is 0.335 e. The monoisotopic (exact) mass is 607 g/mol. The van der Waals surface area contributed by atoms with Crippen molar-refractivity contribution in [3.63, 3.8) is 0 Å². The highest BCUT2D eigenvalue weighted by Gasteiger charge is 2.49. The van der Waals surface area contributed by atoms with Gasteiger partial charge in [0.05, 0.1) is 25.7 Å². The molecule has 7 N–H and O–H groups in total. The lowest BCUT2D eigenvalue weighted by Gasteiger charge is -2.20. The number of aliphatic hydroxyl groups is 3. The zero-order valence-electron chi connectivity index (χ0n) is 23.0. The van der Waals surface area contributed by atoms with Crippen molar-refractivity contribution in [1.29, 1.82) is 0 Å². The molecule has 0 saturated carbocycles. The van der Waals surface area contributed by atoms with Crippen LogP contribution in [0.5, 0.6) is 0 Å². The maximum atomic E-state index is 12.7. The molecular formula is C25H34N7O9P. The predicted molar refractivity (Wildman–Crippen MR) is 149 cm³/mol. The summed E-state index contributed by atoms with van der Waals surface area (Å²) in [6.07, 6.45) is -5.22. The van der Waals surface area contributed by atoms with Crippen LogP contribution in [0.4, 0.5) is 11.5 Å². The standard InChI is InChI=1S/C25H34N7O9P/c1-3-39-42(38,40-4-2)11-14-5-7-15(8-6-14)31-16(33)9-10-27-24(37)20(36)21-18(34)19(35)25(41-21)32-13-30-17-22(26)28-12-29-23(17)32/h5-8,12-13,18-21,25,34-36H,3-4,9-11H2,1-2H3,(H,27,37)(H,31,33)(H2,26,28,29)/t18-,19+,20?,21-,25+/m0/s1. The van der Waals surface area contributed by atoms with Crippen molar-refractivity contribution in [2.45, 2.75) is 57.1 Å². The zero-order valence-corrected chi connectivity index (χ0v) is 23.9. The van der Waals surface area contributed by atoms with E-state index in [4.69, 9.17) is 19.5 Å². The van der Waals surface area contributed by atoms with Crippen molar-refractivity contribution in [2.75, 3.05) is 30.8 Å². The Kier molecular flexibility index (Phi) is 10.2. The highest BCUT2D eigenvalue weighted by molar-refractivity contribution is 7.53. The number of nitrogens with two attached hydrogens (primary N) is 1. The summed E-state index contributed by atoms with van der Waals surface area (Å²) in [4.78, 5) is 36.9. The number of nitrogens with zero attached hydrogens (tertiary/aromatic N) is 4. The summed E-state index contributed by atoms with van der Waals surface area (Å²) in [6.45, 7) is 3.85. The summed E-state index contributed by atoms with van der Waals surface area (Å²) in [5.41, 5.74) is 7.47. The van der Waals surface area contributed by atoms with E-state index in [0.717, 1.165) is 0 Å². The topological polar surface area (TPSA) is 233 Å². The lowest BCUT2D eigenvalue weighted by atomic mass is 10.0. The normalized spacial score (nSPS) is 21.4. The molecule has 1 aromatic carbocycles. The number of carbonyl (C=O) groups excluding carboxylic acids is 2. The third kappa shape index (κ3) is 7.10. The number of nitrogen functional groups attached to an aromatic ring is 1. The molecule has 2 amide bonds. The number of benzene rings is 1. The number of hydrogen-bond acceptors (Lipinski definition) is 13. The average Bonchev–Trinajstić information content (AvgIpc) is 3.51. The third-order valence-corrected chi connectivity index (χ3v) is 8.49. The van der Waals surface area contributed by atoms with E-state index >= 15 is 0 Å². The van der Waals surface area contributed by atoms with E-state index in [1.54, 1.807) is 38.1 Å². The molecule has 1 aliphatic heterocycles. The summed E-state index contributed by atoms with van der Waals surface area (Å²) in [5, 5.41) is 36.7. The molecule has 228 valence electrons. The number of ether oxygens (including phenoxy) is 1. The first-order valence-corrected chi connectivity index (χ1v) is 15.0. The minimum Gasteiger partial charge on any atom is -0.387 e. The van der Waals surface area contributed by atoms with Crippen LogP contribution in [0.1, 0.15) is 32.1 Å². The number of aromatic nitrogens is 4. The van der Waals surface area contributed by atoms with Crippen LogP contribution in [0.25, 0.3) is 11.2 Å². The van der Waals surface area contributed by atoms with E-state index in [2.05, 4.69) is 25.6 Å². The molecule has 1 saturated heterocycles. The number of amides is 2. The highest BCUT2D eigenvalue weighted by atomic mass is 31.2. The van der Waals surface area contributed by atoms with E-state index in [9.17, 15) is 29.5 Å². The molecule has 0 radical (unpaired) electrons. The van der Waals surface area contributed by atoms with Gasteiger partial charge in [0.15, 0.2) is 23.8 Å². The number of rotatable bonds is 13. The molecule has 0 bridgehead atoms. The van der Waals surface area contributed by atoms with Crippen LogP contribution in [0.15, 0.2) is 36.9 Å². The van der Waals surface area contributed by atoms with Gasteiger partial charge in [-0.1, -0.05) is 12.1 Å². The Bertz CT molecular complexity index is 1430. The molecular weight excluding hydrogens is 573 g/mol. The number of carbonyl (C=O) groups is 2. The lowest BCUT2D eigenvalue weighted by Crippen LogP contribution is -2.48. The molecule has 3 heterocycles. The van der Waals surface area contributed by atoms with Gasteiger partial charge in [-0.25, -0.2) is 15.0 Å². The fraction of sp³-hybridized carbons (Fsp3) is 0.480. The molecule has 4 rings (SSSR count). The van der Waals surface area contributed by atoms with Crippen molar-refractivity contribution in [3.05, 3.63) is 42.5 Å². The second kappa shape index (κ2) is 13.6. The van der Waals surface area contributed by atoms with Gasteiger partial charge in [-0.2, -0.15) is 0 Å². The molecule has 42 heavy (non-hydrogen) atoms. The second-order valence-corrected chi connectivity index (χ2v) is 11.4. The van der Waals surface area contributed by atoms with Gasteiger partial charge in [-0.3, -0.25) is 18.7 Å². The molecule has 0 aliphatic carbocycles. The van der Waals surface area contributed by atoms with Gasteiger partial charge in [0.1, 0.15) is 30.2 Å². The number of fused-ring (bicyclic) bond motifs is 1. The molecule has 2 aromatic heterocycles. The van der Waals surface area contributed by atoms with Gasteiger partial charge >= 0.3 is 7.60 Å². The number of hydrogen-bond donors (Lipinski definition) is 6. The first-order valence-electron chi connectivity index (χ1n) is 13.2. The summed E-state index contributed by atoms with van der Waals surface area (Å²) in [7, 11) is -3.26. The van der Waals surface area contributed by atoms with Gasteiger partial charge in [-0.05, 0) is 31.5 Å². The van der Waals surface area contributed by atoms with Crippen LogP contribution in [-0.2, 0) is 34.1 Å². The van der Waals surface area contributed by atoms with E-state index in [1.165, 1.54) is 17.2 Å². The zero-order chi connectivity index (χ0) is 30.4. The van der Waals surface area contributed by atoms with Gasteiger partial charge in [0.2, 0.25) is 5.91 Å². The average molecular weight is 608 g/mol. The minimum atomic E-state index is -3.26. The first kappa shape index (κ1) is 31.4. The Morgan fingerprint density at radius 2 is 1.81 bits per heavy atom. The van der Waals surface area contributed by atoms with E-state index in [1.807, 2.05) is 0 Å². The van der Waals surface area contributed by atoms with Crippen molar-refractivity contribution >= 4 is 42.1 Å². The van der Waals surface area contributed by atoms with Gasteiger partial charge in [0.25, 0.3) is 5.91 Å². The molecule has 5 atom stereocenters. The van der Waals surface area contributed by atoms with E-state index in [0.29, 0.717) is 11.3 Å². The maximum Gasteiger partial charge on any atom is 0.335 e. The maximum absolute atomic E-state index is 12.7. The molecule has 0 spiro atoms. The van der Waals surface area contributed by atoms with Crippen LogP contribution in [0.3, 0.4) is 0 Å². The third-order valence-electron chi connectivity index (χ3n) is 6.43. The van der Waals surface area contributed by atoms with Crippen LogP contribution < -0.4 is 16.4 Å². The summed E-state index contributed by atoms with van der Waals surface area (Å²) in [6, 6.07) is 6.67. The lowest BCUT2D eigenvalue weighted by molar-refractivity contribution is -0.143. The van der Waals surface area contributed by atoms with E-state index < -0.39 is 50.1 Å². The van der Waals surface area contributed by atoms with Crippen LogP contribution in [0.2, 0.25) is 0 Å². The Hall–Kier alpha value is -3.50. The van der Waals surface area contributed by atoms with Crippen LogP contribution in [0, 0.1) is 0 Å². The number of aliphatic hydroxyl groups excluding tert-OH is 3. The fourth-order valence-electron chi connectivity index (χ4n) is 4.45. The molecule has 1 unspecified atom stereocenters. The highest BCUT2D eigenvalue weighted by Crippen LogP contribution is 2.51. The molecule has 1 fully saturated rings. The van der Waals surface area contributed by atoms with Crippen molar-refractivity contribution < 1.29 is 43.3 Å². The molecule has 1 aliphatic rings. The van der Waals surface area contributed by atoms with Crippen LogP contribution >= 0.6 is 7.60 Å². The van der Waals surface area contributed by atoms with Gasteiger partial charge < -0.3 is 45.5 Å². The second-order valence-electron chi connectivity index (χ2n) is 9.39. The van der Waals surface area contributed by atoms with Crippen molar-refractivity contribution in [2.24, 2.45) is 0 Å². The van der Waals surface area contributed by atoms with Gasteiger partial charge in [-0.15, -0.1) is 0 Å². The quantitative estimate of drug-likeness (QED) is 0.144.